The first kappa shape index (κ1) is 22.1. The number of nitrogens with zero attached hydrogens (tertiary/aromatic N) is 2. The number of anilines is 1. The van der Waals surface area contributed by atoms with Gasteiger partial charge in [0.15, 0.2) is 5.96 Å². The van der Waals surface area contributed by atoms with Crippen molar-refractivity contribution in [2.45, 2.75) is 52.8 Å². The number of nitrogens with one attached hydrogen (secondary N) is 2. The van der Waals surface area contributed by atoms with Crippen molar-refractivity contribution in [3.8, 4) is 0 Å². The number of halogens is 1. The van der Waals surface area contributed by atoms with Gasteiger partial charge < -0.3 is 20.6 Å². The van der Waals surface area contributed by atoms with Gasteiger partial charge in [0.1, 0.15) is 5.82 Å². The molecule has 0 spiro atoms. The van der Waals surface area contributed by atoms with Crippen molar-refractivity contribution in [2.75, 3.05) is 24.5 Å². The maximum atomic E-state index is 14.7. The summed E-state index contributed by atoms with van der Waals surface area (Å²) in [5, 5.41) is 16.3. The summed E-state index contributed by atoms with van der Waals surface area (Å²) in [5.41, 5.74) is 5.17. The second kappa shape index (κ2) is 10.4. The molecule has 0 unspecified atom stereocenters. The number of aryl methyl sites for hydroxylation is 2. The van der Waals surface area contributed by atoms with Crippen LogP contribution < -0.4 is 15.5 Å². The molecule has 0 amide bonds. The van der Waals surface area contributed by atoms with Gasteiger partial charge in [0.05, 0.1) is 18.3 Å². The van der Waals surface area contributed by atoms with Crippen LogP contribution in [-0.4, -0.2) is 36.8 Å². The lowest BCUT2D eigenvalue weighted by atomic mass is 10.1. The lowest BCUT2D eigenvalue weighted by molar-refractivity contribution is 0.145. The van der Waals surface area contributed by atoms with Gasteiger partial charge in [-0.25, -0.2) is 9.38 Å². The molecule has 30 heavy (non-hydrogen) atoms. The Bertz CT molecular complexity index is 876. The van der Waals surface area contributed by atoms with Gasteiger partial charge in [-0.05, 0) is 62.4 Å². The van der Waals surface area contributed by atoms with E-state index < -0.39 is 0 Å². The highest BCUT2D eigenvalue weighted by molar-refractivity contribution is 5.79. The molecule has 0 bridgehead atoms. The highest BCUT2D eigenvalue weighted by atomic mass is 19.1. The Morgan fingerprint density at radius 3 is 2.57 bits per heavy atom. The van der Waals surface area contributed by atoms with Crippen molar-refractivity contribution in [2.24, 2.45) is 4.99 Å². The summed E-state index contributed by atoms with van der Waals surface area (Å²) in [7, 11) is 0. The predicted octanol–water partition coefficient (Wildman–Crippen LogP) is 3.66. The SMILES string of the molecule is CCNC(=NCc1ccc(N2CCC(O)CC2)c(F)c1)NCc1ccc(C)cc1C. The number of hydrogen-bond donors (Lipinski definition) is 3. The fourth-order valence-corrected chi connectivity index (χ4v) is 3.75. The molecule has 3 N–H and O–H groups in total. The van der Waals surface area contributed by atoms with Crippen LogP contribution in [0.1, 0.15) is 42.0 Å². The van der Waals surface area contributed by atoms with Gasteiger partial charge >= 0.3 is 0 Å². The Labute approximate surface area is 179 Å². The van der Waals surface area contributed by atoms with Crippen molar-refractivity contribution >= 4 is 11.6 Å². The van der Waals surface area contributed by atoms with Crippen LogP contribution in [0.5, 0.6) is 0 Å². The first-order valence-corrected chi connectivity index (χ1v) is 10.8. The molecular weight excluding hydrogens is 379 g/mol. The molecule has 1 saturated heterocycles. The molecule has 0 atom stereocenters. The first-order chi connectivity index (χ1) is 14.5. The third-order valence-electron chi connectivity index (χ3n) is 5.53. The Kier molecular flexibility index (Phi) is 7.69. The second-order valence-electron chi connectivity index (χ2n) is 7.98. The number of guanidine groups is 1. The molecular formula is C24H33FN4O. The number of aliphatic hydroxyl groups excluding tert-OH is 1. The van der Waals surface area contributed by atoms with Crippen molar-refractivity contribution in [3.63, 3.8) is 0 Å². The molecule has 1 aliphatic rings. The number of benzene rings is 2. The molecule has 1 heterocycles. The Morgan fingerprint density at radius 2 is 1.90 bits per heavy atom. The largest absolute Gasteiger partial charge is 0.393 e. The molecule has 1 aliphatic heterocycles. The molecule has 0 radical (unpaired) electrons. The fourth-order valence-electron chi connectivity index (χ4n) is 3.75. The highest BCUT2D eigenvalue weighted by Gasteiger charge is 2.19. The minimum atomic E-state index is -0.265. The van der Waals surface area contributed by atoms with Crippen LogP contribution in [0.25, 0.3) is 0 Å². The monoisotopic (exact) mass is 412 g/mol. The normalized spacial score (nSPS) is 15.4. The minimum absolute atomic E-state index is 0.229. The maximum absolute atomic E-state index is 14.7. The van der Waals surface area contributed by atoms with E-state index >= 15 is 0 Å². The van der Waals surface area contributed by atoms with E-state index in [1.165, 1.54) is 16.7 Å². The standard InChI is InChI=1S/C24H33FN4O/c1-4-26-24(28-16-20-7-5-17(2)13-18(20)3)27-15-19-6-8-23(22(25)14-19)29-11-9-21(30)10-12-29/h5-8,13-14,21,30H,4,9-12,15-16H2,1-3H3,(H2,26,27,28). The molecule has 0 saturated carbocycles. The molecule has 2 aromatic carbocycles. The average molecular weight is 413 g/mol. The summed E-state index contributed by atoms with van der Waals surface area (Å²) in [6.07, 6.45) is 1.10. The molecule has 5 nitrogen and oxygen atoms in total. The highest BCUT2D eigenvalue weighted by Crippen LogP contribution is 2.24. The summed E-state index contributed by atoms with van der Waals surface area (Å²) in [5.74, 6) is 0.485. The number of aliphatic imine (C=N–C) groups is 1. The summed E-state index contributed by atoms with van der Waals surface area (Å²) in [4.78, 5) is 6.62. The summed E-state index contributed by atoms with van der Waals surface area (Å²) < 4.78 is 14.7. The van der Waals surface area contributed by atoms with Gasteiger partial charge in [0.2, 0.25) is 0 Å². The molecule has 0 aliphatic carbocycles. The lowest BCUT2D eigenvalue weighted by Crippen LogP contribution is -2.37. The van der Waals surface area contributed by atoms with E-state index in [-0.39, 0.29) is 11.9 Å². The minimum Gasteiger partial charge on any atom is -0.393 e. The topological polar surface area (TPSA) is 59.9 Å². The van der Waals surface area contributed by atoms with Crippen LogP contribution in [0.4, 0.5) is 10.1 Å². The zero-order valence-electron chi connectivity index (χ0n) is 18.2. The molecule has 162 valence electrons. The maximum Gasteiger partial charge on any atom is 0.191 e. The number of rotatable bonds is 6. The Morgan fingerprint density at radius 1 is 1.13 bits per heavy atom. The molecule has 3 rings (SSSR count). The van der Waals surface area contributed by atoms with E-state index in [9.17, 15) is 9.50 Å². The average Bonchev–Trinajstić information content (AvgIpc) is 2.72. The van der Waals surface area contributed by atoms with Gasteiger partial charge in [-0.15, -0.1) is 0 Å². The van der Waals surface area contributed by atoms with Crippen LogP contribution in [-0.2, 0) is 13.1 Å². The van der Waals surface area contributed by atoms with Crippen LogP contribution in [0.3, 0.4) is 0 Å². The summed E-state index contributed by atoms with van der Waals surface area (Å²) in [6.45, 7) is 9.44. The van der Waals surface area contributed by atoms with Crippen LogP contribution in [0.15, 0.2) is 41.4 Å². The smallest absolute Gasteiger partial charge is 0.191 e. The van der Waals surface area contributed by atoms with Gasteiger partial charge in [0.25, 0.3) is 0 Å². The van der Waals surface area contributed by atoms with Gasteiger partial charge in [-0.3, -0.25) is 0 Å². The van der Waals surface area contributed by atoms with Gasteiger partial charge in [-0.1, -0.05) is 29.8 Å². The van der Waals surface area contributed by atoms with Crippen LogP contribution >= 0.6 is 0 Å². The Hall–Kier alpha value is -2.60. The lowest BCUT2D eigenvalue weighted by Gasteiger charge is -2.31. The molecule has 1 fully saturated rings. The van der Waals surface area contributed by atoms with Crippen molar-refractivity contribution in [3.05, 3.63) is 64.5 Å². The second-order valence-corrected chi connectivity index (χ2v) is 7.98. The third kappa shape index (κ3) is 5.95. The van der Waals surface area contributed by atoms with E-state index in [1.54, 1.807) is 6.07 Å². The Balaban J connectivity index is 1.63. The van der Waals surface area contributed by atoms with Crippen LogP contribution in [0.2, 0.25) is 0 Å². The number of piperidine rings is 1. The molecule has 0 aromatic heterocycles. The summed E-state index contributed by atoms with van der Waals surface area (Å²) >= 11 is 0. The van der Waals surface area contributed by atoms with Crippen molar-refractivity contribution < 1.29 is 9.50 Å². The van der Waals surface area contributed by atoms with Crippen molar-refractivity contribution in [1.29, 1.82) is 0 Å². The van der Waals surface area contributed by atoms with E-state index in [4.69, 9.17) is 0 Å². The quantitative estimate of drug-likeness (QED) is 0.501. The van der Waals surface area contributed by atoms with E-state index in [1.807, 2.05) is 24.0 Å². The number of hydrogen-bond acceptors (Lipinski definition) is 3. The van der Waals surface area contributed by atoms with E-state index in [0.29, 0.717) is 50.7 Å². The predicted molar refractivity (Wildman–Crippen MR) is 121 cm³/mol. The zero-order chi connectivity index (χ0) is 21.5. The molecule has 2 aromatic rings. The molecule has 6 heteroatoms. The number of aliphatic hydroxyl groups is 1. The zero-order valence-corrected chi connectivity index (χ0v) is 18.2. The van der Waals surface area contributed by atoms with Gasteiger partial charge in [-0.2, -0.15) is 0 Å². The van der Waals surface area contributed by atoms with Gasteiger partial charge in [0, 0.05) is 26.2 Å². The van der Waals surface area contributed by atoms with Crippen LogP contribution in [0, 0.1) is 19.7 Å². The summed E-state index contributed by atoms with van der Waals surface area (Å²) in [6, 6.07) is 11.7. The van der Waals surface area contributed by atoms with E-state index in [0.717, 1.165) is 12.1 Å². The van der Waals surface area contributed by atoms with E-state index in [2.05, 4.69) is 47.7 Å². The third-order valence-corrected chi connectivity index (χ3v) is 5.53. The van der Waals surface area contributed by atoms with Crippen molar-refractivity contribution in [1.82, 2.24) is 10.6 Å². The fraction of sp³-hybridized carbons (Fsp3) is 0.458. The first-order valence-electron chi connectivity index (χ1n) is 10.8.